The summed E-state index contributed by atoms with van der Waals surface area (Å²) in [6.07, 6.45) is 2.96. The third-order valence-corrected chi connectivity index (χ3v) is 1.40. The summed E-state index contributed by atoms with van der Waals surface area (Å²) >= 11 is 4.45. The summed E-state index contributed by atoms with van der Waals surface area (Å²) in [6, 6.07) is 0. The number of imidazole rings is 1. The molecule has 4 nitrogen and oxygen atoms in total. The van der Waals surface area contributed by atoms with Crippen LogP contribution in [0.2, 0.25) is 0 Å². The van der Waals surface area contributed by atoms with Gasteiger partial charge in [-0.2, -0.15) is 8.78 Å². The summed E-state index contributed by atoms with van der Waals surface area (Å²) < 4.78 is 24.1. The van der Waals surface area contributed by atoms with Crippen molar-refractivity contribution in [1.82, 2.24) is 15.3 Å². The summed E-state index contributed by atoms with van der Waals surface area (Å²) in [5.74, 6) is -1.15. The molecule has 1 aromatic heterocycles. The van der Waals surface area contributed by atoms with E-state index in [1.165, 1.54) is 12.4 Å². The van der Waals surface area contributed by atoms with Crippen molar-refractivity contribution in [3.05, 3.63) is 18.2 Å². The first-order valence-corrected chi connectivity index (χ1v) is 3.71. The van der Waals surface area contributed by atoms with Crippen LogP contribution in [-0.2, 0) is 11.3 Å². The molecule has 0 aliphatic rings. The largest absolute Gasteiger partial charge is 0.399 e. The van der Waals surface area contributed by atoms with Gasteiger partial charge in [-0.25, -0.2) is 4.98 Å². The second kappa shape index (κ2) is 3.69. The smallest absolute Gasteiger partial charge is 0.347 e. The van der Waals surface area contributed by atoms with E-state index < -0.39 is 11.3 Å². The van der Waals surface area contributed by atoms with Crippen LogP contribution < -0.4 is 5.32 Å². The predicted molar refractivity (Wildman–Crippen MR) is 41.2 cm³/mol. The van der Waals surface area contributed by atoms with E-state index in [-0.39, 0.29) is 6.54 Å². The van der Waals surface area contributed by atoms with E-state index in [9.17, 15) is 13.6 Å². The molecule has 0 saturated heterocycles. The fourth-order valence-corrected chi connectivity index (χ4v) is 0.726. The average Bonchev–Trinajstić information content (AvgIpc) is 2.50. The van der Waals surface area contributed by atoms with Crippen LogP contribution in [0.3, 0.4) is 0 Å². The zero-order valence-electron chi connectivity index (χ0n) is 6.35. The lowest BCUT2D eigenvalue weighted by Crippen LogP contribution is -2.35. The highest BCUT2D eigenvalue weighted by molar-refractivity contribution is 6.32. The van der Waals surface area contributed by atoms with Gasteiger partial charge in [0.15, 0.2) is 0 Å². The highest BCUT2D eigenvalue weighted by atomic mass is 35.5. The lowest BCUT2D eigenvalue weighted by molar-refractivity contribution is -0.135. The highest BCUT2D eigenvalue weighted by Crippen LogP contribution is 2.18. The Bertz CT molecular complexity index is 283. The molecule has 0 bridgehead atoms. The van der Waals surface area contributed by atoms with Crippen LogP contribution in [0.1, 0.15) is 5.82 Å². The lowest BCUT2D eigenvalue weighted by atomic mass is 10.5. The minimum absolute atomic E-state index is 0.103. The van der Waals surface area contributed by atoms with Crippen molar-refractivity contribution in [1.29, 1.82) is 0 Å². The Kier molecular flexibility index (Phi) is 2.82. The number of aromatic amines is 1. The molecule has 7 heteroatoms. The molecule has 0 aliphatic heterocycles. The standard InChI is InChI=1S/C6H6ClF2N3O/c7-6(8,9)5(13)12-3-4-10-1-2-11-4/h1-2H,3H2,(H,10,11)(H,12,13). The van der Waals surface area contributed by atoms with E-state index in [2.05, 4.69) is 21.6 Å². The van der Waals surface area contributed by atoms with Crippen LogP contribution in [0.5, 0.6) is 0 Å². The van der Waals surface area contributed by atoms with Gasteiger partial charge in [0.2, 0.25) is 0 Å². The first-order chi connectivity index (χ1) is 6.00. The molecule has 0 spiro atoms. The van der Waals surface area contributed by atoms with Crippen LogP contribution in [0.4, 0.5) is 8.78 Å². The fourth-order valence-electron chi connectivity index (χ4n) is 0.659. The lowest BCUT2D eigenvalue weighted by Gasteiger charge is -2.06. The number of H-pyrrole nitrogens is 1. The Balaban J connectivity index is 2.40. The second-order valence-electron chi connectivity index (χ2n) is 2.22. The molecular formula is C6H6ClF2N3O. The molecule has 0 atom stereocenters. The second-order valence-corrected chi connectivity index (χ2v) is 2.69. The Labute approximate surface area is 77.3 Å². The van der Waals surface area contributed by atoms with Crippen molar-refractivity contribution in [3.8, 4) is 0 Å². The van der Waals surface area contributed by atoms with Crippen LogP contribution in [-0.4, -0.2) is 21.3 Å². The molecule has 0 saturated carbocycles. The Morgan fingerprint density at radius 2 is 2.46 bits per heavy atom. The number of carbonyl (C=O) groups excluding carboxylic acids is 1. The number of carbonyl (C=O) groups is 1. The summed E-state index contributed by atoms with van der Waals surface area (Å²) in [5.41, 5.74) is 0. The van der Waals surface area contributed by atoms with Crippen molar-refractivity contribution in [2.24, 2.45) is 0 Å². The quantitative estimate of drug-likeness (QED) is 0.726. The van der Waals surface area contributed by atoms with Crippen LogP contribution in [0, 0.1) is 0 Å². The normalized spacial score (nSPS) is 11.3. The third kappa shape index (κ3) is 2.98. The third-order valence-electron chi connectivity index (χ3n) is 1.23. The SMILES string of the molecule is O=C(NCc1ncc[nH]1)C(F)(F)Cl. The molecule has 13 heavy (non-hydrogen) atoms. The number of nitrogens with zero attached hydrogens (tertiary/aromatic N) is 1. The molecule has 2 N–H and O–H groups in total. The molecule has 1 aromatic rings. The summed E-state index contributed by atoms with van der Waals surface area (Å²) in [5, 5.41) is -1.96. The monoisotopic (exact) mass is 209 g/mol. The molecule has 0 fully saturated rings. The molecule has 1 rings (SSSR count). The number of aromatic nitrogens is 2. The van der Waals surface area contributed by atoms with E-state index >= 15 is 0 Å². The number of hydrogen-bond donors (Lipinski definition) is 2. The van der Waals surface area contributed by atoms with E-state index in [0.717, 1.165) is 0 Å². The molecule has 1 amide bonds. The van der Waals surface area contributed by atoms with Gasteiger partial charge in [-0.3, -0.25) is 4.79 Å². The van der Waals surface area contributed by atoms with Crippen LogP contribution in [0.15, 0.2) is 12.4 Å². The first-order valence-electron chi connectivity index (χ1n) is 3.33. The van der Waals surface area contributed by atoms with Crippen LogP contribution in [0.25, 0.3) is 0 Å². The molecule has 0 unspecified atom stereocenters. The number of amides is 1. The van der Waals surface area contributed by atoms with Gasteiger partial charge in [0.25, 0.3) is 0 Å². The Morgan fingerprint density at radius 1 is 1.77 bits per heavy atom. The molecule has 72 valence electrons. The Hall–Kier alpha value is -1.17. The minimum Gasteiger partial charge on any atom is -0.347 e. The van der Waals surface area contributed by atoms with Gasteiger partial charge in [-0.05, 0) is 11.6 Å². The van der Waals surface area contributed by atoms with Gasteiger partial charge < -0.3 is 10.3 Å². The Morgan fingerprint density at radius 3 is 2.92 bits per heavy atom. The molecular weight excluding hydrogens is 204 g/mol. The summed E-state index contributed by atoms with van der Waals surface area (Å²) in [7, 11) is 0. The highest BCUT2D eigenvalue weighted by Gasteiger charge is 2.35. The number of alkyl halides is 3. The predicted octanol–water partition coefficient (Wildman–Crippen LogP) is 0.857. The van der Waals surface area contributed by atoms with Gasteiger partial charge in [0, 0.05) is 12.4 Å². The molecule has 0 aromatic carbocycles. The first kappa shape index (κ1) is 9.91. The minimum atomic E-state index is -3.87. The van der Waals surface area contributed by atoms with Gasteiger partial charge in [0.05, 0.1) is 6.54 Å². The van der Waals surface area contributed by atoms with E-state index in [1.54, 1.807) is 0 Å². The topological polar surface area (TPSA) is 57.8 Å². The zero-order valence-corrected chi connectivity index (χ0v) is 7.11. The van der Waals surface area contributed by atoms with E-state index in [4.69, 9.17) is 0 Å². The summed E-state index contributed by atoms with van der Waals surface area (Å²) in [4.78, 5) is 16.9. The van der Waals surface area contributed by atoms with Crippen molar-refractivity contribution in [2.45, 2.75) is 11.9 Å². The average molecular weight is 210 g/mol. The maximum atomic E-state index is 12.1. The summed E-state index contributed by atoms with van der Waals surface area (Å²) in [6.45, 7) is -0.103. The van der Waals surface area contributed by atoms with E-state index in [1.807, 2.05) is 5.32 Å². The fraction of sp³-hybridized carbons (Fsp3) is 0.333. The van der Waals surface area contributed by atoms with Crippen molar-refractivity contribution >= 4 is 17.5 Å². The van der Waals surface area contributed by atoms with E-state index in [0.29, 0.717) is 5.82 Å². The van der Waals surface area contributed by atoms with Crippen molar-refractivity contribution < 1.29 is 13.6 Å². The number of halogens is 3. The van der Waals surface area contributed by atoms with Crippen LogP contribution >= 0.6 is 11.6 Å². The number of hydrogen-bond acceptors (Lipinski definition) is 2. The van der Waals surface area contributed by atoms with Gasteiger partial charge in [-0.1, -0.05) is 0 Å². The maximum Gasteiger partial charge on any atom is 0.399 e. The molecule has 1 heterocycles. The maximum absolute atomic E-state index is 12.1. The van der Waals surface area contributed by atoms with Crippen molar-refractivity contribution in [3.63, 3.8) is 0 Å². The van der Waals surface area contributed by atoms with Gasteiger partial charge in [-0.15, -0.1) is 0 Å². The number of rotatable bonds is 3. The van der Waals surface area contributed by atoms with Crippen molar-refractivity contribution in [2.75, 3.05) is 0 Å². The zero-order chi connectivity index (χ0) is 9.90. The number of nitrogens with one attached hydrogen (secondary N) is 2. The van der Waals surface area contributed by atoms with Gasteiger partial charge in [0.1, 0.15) is 5.82 Å². The molecule has 0 aliphatic carbocycles. The van der Waals surface area contributed by atoms with Gasteiger partial charge >= 0.3 is 11.3 Å². The molecule has 0 radical (unpaired) electrons.